The fraction of sp³-hybridized carbons (Fsp3) is 0.417. The second kappa shape index (κ2) is 6.92. The molecule has 0 aliphatic carbocycles. The van der Waals surface area contributed by atoms with E-state index < -0.39 is 0 Å². The normalized spacial score (nSPS) is 12.2. The summed E-state index contributed by atoms with van der Waals surface area (Å²) in [5, 5.41) is 3.51. The summed E-state index contributed by atoms with van der Waals surface area (Å²) >= 11 is 9.43. The topological polar surface area (TPSA) is 29.1 Å². The zero-order chi connectivity index (χ0) is 12.0. The van der Waals surface area contributed by atoms with Crippen molar-refractivity contribution in [2.24, 2.45) is 0 Å². The van der Waals surface area contributed by atoms with Crippen molar-refractivity contribution in [3.05, 3.63) is 34.9 Å². The van der Waals surface area contributed by atoms with E-state index in [-0.39, 0.29) is 5.91 Å². The predicted octanol–water partition coefficient (Wildman–Crippen LogP) is 3.17. The number of benzene rings is 1. The third-order valence-electron chi connectivity index (χ3n) is 2.27. The van der Waals surface area contributed by atoms with Crippen LogP contribution in [-0.4, -0.2) is 17.3 Å². The minimum Gasteiger partial charge on any atom is -0.355 e. The Morgan fingerprint density at radius 3 is 2.81 bits per heavy atom. The molecule has 16 heavy (non-hydrogen) atoms. The van der Waals surface area contributed by atoms with Gasteiger partial charge in [-0.05, 0) is 18.1 Å². The van der Waals surface area contributed by atoms with Gasteiger partial charge in [-0.1, -0.05) is 52.7 Å². The molecule has 1 amide bonds. The Kier molecular flexibility index (Phi) is 5.85. The molecule has 0 radical (unpaired) electrons. The molecule has 0 saturated carbocycles. The Morgan fingerprint density at radius 1 is 1.50 bits per heavy atom. The fourth-order valence-electron chi connectivity index (χ4n) is 1.25. The lowest BCUT2D eigenvalue weighted by atomic mass is 10.1. The summed E-state index contributed by atoms with van der Waals surface area (Å²) in [6, 6.07) is 7.40. The van der Waals surface area contributed by atoms with E-state index in [9.17, 15) is 4.79 Å². The number of hydrogen-bond donors (Lipinski definition) is 1. The Morgan fingerprint density at radius 2 is 2.19 bits per heavy atom. The average molecular weight is 305 g/mol. The molecule has 0 aromatic heterocycles. The van der Waals surface area contributed by atoms with Crippen LogP contribution in [-0.2, 0) is 11.2 Å². The van der Waals surface area contributed by atoms with Gasteiger partial charge in [-0.25, -0.2) is 0 Å². The highest BCUT2D eigenvalue weighted by Gasteiger charge is 2.07. The van der Waals surface area contributed by atoms with Crippen molar-refractivity contribution < 1.29 is 4.79 Å². The zero-order valence-corrected chi connectivity index (χ0v) is 11.5. The molecular weight excluding hydrogens is 289 g/mol. The second-order valence-corrected chi connectivity index (χ2v) is 5.28. The van der Waals surface area contributed by atoms with Crippen LogP contribution in [0.5, 0.6) is 0 Å². The molecular formula is C12H15BrClNO. The van der Waals surface area contributed by atoms with Crippen LogP contribution in [0.4, 0.5) is 0 Å². The van der Waals surface area contributed by atoms with E-state index in [4.69, 9.17) is 11.6 Å². The summed E-state index contributed by atoms with van der Waals surface area (Å²) in [5.41, 5.74) is 0.865. The predicted molar refractivity (Wildman–Crippen MR) is 71.2 cm³/mol. The van der Waals surface area contributed by atoms with E-state index in [1.807, 2.05) is 18.2 Å². The number of halogens is 2. The van der Waals surface area contributed by atoms with Crippen molar-refractivity contribution in [3.63, 3.8) is 0 Å². The van der Waals surface area contributed by atoms with Crippen LogP contribution in [0.3, 0.4) is 0 Å². The fourth-order valence-corrected chi connectivity index (χ4v) is 1.61. The summed E-state index contributed by atoms with van der Waals surface area (Å²) in [6.07, 6.45) is 1.33. The molecule has 1 rings (SSSR count). The van der Waals surface area contributed by atoms with Crippen molar-refractivity contribution in [2.75, 3.05) is 6.54 Å². The Balaban J connectivity index is 2.43. The quantitative estimate of drug-likeness (QED) is 0.832. The highest BCUT2D eigenvalue weighted by molar-refractivity contribution is 9.09. The van der Waals surface area contributed by atoms with Crippen molar-refractivity contribution in [2.45, 2.75) is 24.6 Å². The molecule has 2 nitrogen and oxygen atoms in total. The lowest BCUT2D eigenvalue weighted by Gasteiger charge is -2.09. The summed E-state index contributed by atoms with van der Waals surface area (Å²) in [4.78, 5) is 11.9. The van der Waals surface area contributed by atoms with E-state index in [1.54, 1.807) is 6.07 Å². The molecule has 0 fully saturated rings. The average Bonchev–Trinajstić information content (AvgIpc) is 2.29. The van der Waals surface area contributed by atoms with Crippen molar-refractivity contribution in [3.8, 4) is 0 Å². The summed E-state index contributed by atoms with van der Waals surface area (Å²) in [5.74, 6) is 0.00556. The van der Waals surface area contributed by atoms with Crippen LogP contribution in [0, 0.1) is 0 Å². The Bertz CT molecular complexity index is 357. The number of amides is 1. The maximum Gasteiger partial charge on any atom is 0.224 e. The maximum atomic E-state index is 11.6. The molecule has 88 valence electrons. The van der Waals surface area contributed by atoms with E-state index in [2.05, 4.69) is 28.2 Å². The highest BCUT2D eigenvalue weighted by atomic mass is 79.9. The molecule has 0 heterocycles. The van der Waals surface area contributed by atoms with Crippen LogP contribution < -0.4 is 5.32 Å². The smallest absolute Gasteiger partial charge is 0.224 e. The molecule has 1 aromatic carbocycles. The first kappa shape index (κ1) is 13.5. The number of rotatable bonds is 5. The summed E-state index contributed by atoms with van der Waals surface area (Å²) in [7, 11) is 0. The number of alkyl halides is 1. The number of nitrogens with one attached hydrogen (secondary N) is 1. The molecule has 0 aliphatic rings. The van der Waals surface area contributed by atoms with Crippen molar-refractivity contribution in [1.82, 2.24) is 5.32 Å². The van der Waals surface area contributed by atoms with Crippen LogP contribution in [0.1, 0.15) is 18.9 Å². The first-order valence-corrected chi connectivity index (χ1v) is 6.57. The molecule has 4 heteroatoms. The molecule has 0 spiro atoms. The zero-order valence-electron chi connectivity index (χ0n) is 9.17. The molecule has 1 N–H and O–H groups in total. The van der Waals surface area contributed by atoms with E-state index in [1.165, 1.54) is 0 Å². The van der Waals surface area contributed by atoms with E-state index in [0.29, 0.717) is 22.8 Å². The number of carbonyl (C=O) groups excluding carboxylic acids is 1. The Hall–Kier alpha value is -0.540. The maximum absolute atomic E-state index is 11.6. The first-order valence-electron chi connectivity index (χ1n) is 5.27. The SMILES string of the molecule is CCC(Br)CNC(=O)Cc1ccccc1Cl. The van der Waals surface area contributed by atoms with Gasteiger partial charge in [0, 0.05) is 16.4 Å². The van der Waals surface area contributed by atoms with Gasteiger partial charge in [0.2, 0.25) is 5.91 Å². The second-order valence-electron chi connectivity index (χ2n) is 3.58. The van der Waals surface area contributed by atoms with Gasteiger partial charge in [-0.2, -0.15) is 0 Å². The molecule has 1 unspecified atom stereocenters. The van der Waals surface area contributed by atoms with Gasteiger partial charge < -0.3 is 5.32 Å². The minimum atomic E-state index is 0.00556. The largest absolute Gasteiger partial charge is 0.355 e. The van der Waals surface area contributed by atoms with E-state index >= 15 is 0 Å². The van der Waals surface area contributed by atoms with Gasteiger partial charge in [-0.3, -0.25) is 4.79 Å². The third-order valence-corrected chi connectivity index (χ3v) is 3.61. The molecule has 1 aromatic rings. The molecule has 0 bridgehead atoms. The molecule has 0 aliphatic heterocycles. The van der Waals surface area contributed by atoms with Gasteiger partial charge in [-0.15, -0.1) is 0 Å². The monoisotopic (exact) mass is 303 g/mol. The van der Waals surface area contributed by atoms with Crippen LogP contribution >= 0.6 is 27.5 Å². The molecule has 0 saturated heterocycles. The third kappa shape index (κ3) is 4.54. The van der Waals surface area contributed by atoms with Gasteiger partial charge in [0.05, 0.1) is 6.42 Å². The number of hydrogen-bond acceptors (Lipinski definition) is 1. The highest BCUT2D eigenvalue weighted by Crippen LogP contribution is 2.15. The molecule has 1 atom stereocenters. The van der Waals surface area contributed by atoms with Crippen LogP contribution in [0.25, 0.3) is 0 Å². The Labute approximate surface area is 110 Å². The first-order chi connectivity index (χ1) is 7.63. The standard InChI is InChI=1S/C12H15BrClNO/c1-2-10(13)8-15-12(16)7-9-5-3-4-6-11(9)14/h3-6,10H,2,7-8H2,1H3,(H,15,16). The summed E-state index contributed by atoms with van der Waals surface area (Å²) in [6.45, 7) is 2.72. The summed E-state index contributed by atoms with van der Waals surface area (Å²) < 4.78 is 0. The van der Waals surface area contributed by atoms with Crippen LogP contribution in [0.2, 0.25) is 5.02 Å². The van der Waals surface area contributed by atoms with Crippen LogP contribution in [0.15, 0.2) is 24.3 Å². The van der Waals surface area contributed by atoms with Gasteiger partial charge in [0.25, 0.3) is 0 Å². The van der Waals surface area contributed by atoms with Gasteiger partial charge in [0.1, 0.15) is 0 Å². The van der Waals surface area contributed by atoms with Crippen molar-refractivity contribution in [1.29, 1.82) is 0 Å². The lowest BCUT2D eigenvalue weighted by Crippen LogP contribution is -2.30. The van der Waals surface area contributed by atoms with E-state index in [0.717, 1.165) is 12.0 Å². The lowest BCUT2D eigenvalue weighted by molar-refractivity contribution is -0.120. The van der Waals surface area contributed by atoms with Gasteiger partial charge in [0.15, 0.2) is 0 Å². The van der Waals surface area contributed by atoms with Crippen molar-refractivity contribution >= 4 is 33.4 Å². The minimum absolute atomic E-state index is 0.00556. The number of carbonyl (C=O) groups is 1. The van der Waals surface area contributed by atoms with Gasteiger partial charge >= 0.3 is 0 Å².